The molecule has 0 fully saturated rings. The van der Waals surface area contributed by atoms with Crippen LogP contribution in [0.15, 0.2) is 4.99 Å². The number of carbonyl (C=O) groups excluding carboxylic acids is 2. The molecule has 0 spiro atoms. The summed E-state index contributed by atoms with van der Waals surface area (Å²) in [5.74, 6) is -0.0564. The Morgan fingerprint density at radius 1 is 1.50 bits per heavy atom. The van der Waals surface area contributed by atoms with Gasteiger partial charge in [-0.3, -0.25) is 9.79 Å². The molecule has 1 atom stereocenters. The summed E-state index contributed by atoms with van der Waals surface area (Å²) >= 11 is 0. The molecule has 0 aliphatic heterocycles. The Balaban J connectivity index is 3.79. The lowest BCUT2D eigenvalue weighted by molar-refractivity contribution is -0.124. The minimum atomic E-state index is -0.437. The fourth-order valence-electron chi connectivity index (χ4n) is 1.20. The van der Waals surface area contributed by atoms with Gasteiger partial charge in [0.15, 0.2) is 5.96 Å². The molecule has 0 aliphatic carbocycles. The second kappa shape index (κ2) is 8.70. The minimum Gasteiger partial charge on any atom is -0.370 e. The van der Waals surface area contributed by atoms with Crippen molar-refractivity contribution < 1.29 is 9.59 Å². The first kappa shape index (κ1) is 14.4. The van der Waals surface area contributed by atoms with Gasteiger partial charge in [-0.15, -0.1) is 0 Å². The van der Waals surface area contributed by atoms with Crippen LogP contribution < -0.4 is 16.8 Å². The van der Waals surface area contributed by atoms with Crippen molar-refractivity contribution in [3.63, 3.8) is 0 Å². The summed E-state index contributed by atoms with van der Waals surface area (Å²) in [6.45, 7) is 2.38. The summed E-state index contributed by atoms with van der Waals surface area (Å²) in [5.41, 5.74) is 10.3. The monoisotopic (exact) mass is 228 g/mol. The van der Waals surface area contributed by atoms with Gasteiger partial charge in [0.1, 0.15) is 6.29 Å². The summed E-state index contributed by atoms with van der Waals surface area (Å²) in [7, 11) is 0. The Morgan fingerprint density at radius 2 is 2.19 bits per heavy atom. The largest absolute Gasteiger partial charge is 0.370 e. The summed E-state index contributed by atoms with van der Waals surface area (Å²) in [5, 5.41) is 2.64. The van der Waals surface area contributed by atoms with Crippen LogP contribution in [0.1, 0.15) is 32.6 Å². The molecule has 92 valence electrons. The molecule has 0 radical (unpaired) electrons. The van der Waals surface area contributed by atoms with Gasteiger partial charge < -0.3 is 21.6 Å². The second-order valence-corrected chi connectivity index (χ2v) is 3.51. The van der Waals surface area contributed by atoms with E-state index in [0.717, 1.165) is 12.7 Å². The molecule has 0 bridgehead atoms. The Kier molecular flexibility index (Phi) is 7.83. The molecule has 0 saturated carbocycles. The Morgan fingerprint density at radius 3 is 2.69 bits per heavy atom. The molecule has 6 heteroatoms. The van der Waals surface area contributed by atoms with Crippen molar-refractivity contribution in [3.05, 3.63) is 0 Å². The van der Waals surface area contributed by atoms with E-state index in [1.165, 1.54) is 0 Å². The molecule has 1 amide bonds. The molecule has 0 aromatic carbocycles. The molecule has 0 rings (SSSR count). The van der Waals surface area contributed by atoms with Crippen LogP contribution in [0.4, 0.5) is 0 Å². The quantitative estimate of drug-likeness (QED) is 0.225. The highest BCUT2D eigenvalue weighted by Gasteiger charge is 2.09. The van der Waals surface area contributed by atoms with Crippen molar-refractivity contribution in [1.82, 2.24) is 5.32 Å². The maximum Gasteiger partial charge on any atom is 0.220 e. The van der Waals surface area contributed by atoms with E-state index in [4.69, 9.17) is 11.5 Å². The zero-order chi connectivity index (χ0) is 12.4. The number of amides is 1. The lowest BCUT2D eigenvalue weighted by atomic mass is 10.1. The van der Waals surface area contributed by atoms with Crippen molar-refractivity contribution >= 4 is 18.2 Å². The van der Waals surface area contributed by atoms with Crippen LogP contribution in [0, 0.1) is 0 Å². The van der Waals surface area contributed by atoms with Gasteiger partial charge in [-0.25, -0.2) is 0 Å². The fourth-order valence-corrected chi connectivity index (χ4v) is 1.20. The maximum atomic E-state index is 11.2. The number of nitrogens with one attached hydrogen (secondary N) is 1. The van der Waals surface area contributed by atoms with E-state index in [2.05, 4.69) is 10.3 Å². The minimum absolute atomic E-state index is 0.0395. The number of rotatable bonds is 8. The van der Waals surface area contributed by atoms with Crippen molar-refractivity contribution in [3.8, 4) is 0 Å². The van der Waals surface area contributed by atoms with Crippen molar-refractivity contribution in [1.29, 1.82) is 0 Å². The molecule has 0 heterocycles. The Bertz CT molecular complexity index is 249. The molecule has 0 saturated heterocycles. The second-order valence-electron chi connectivity index (χ2n) is 3.51. The van der Waals surface area contributed by atoms with E-state index >= 15 is 0 Å². The molecular weight excluding hydrogens is 208 g/mol. The van der Waals surface area contributed by atoms with Gasteiger partial charge in [0.2, 0.25) is 5.91 Å². The third-order valence-corrected chi connectivity index (χ3v) is 1.96. The standard InChI is InChI=1S/C10H20N4O2/c1-2-4-9(16)14-8(7-15)5-3-6-13-10(11)12/h7-8H,2-6H2,1H3,(H,14,16)(H4,11,12,13)/t8-/m1/s1. The summed E-state index contributed by atoms with van der Waals surface area (Å²) in [6.07, 6.45) is 3.16. The number of carbonyl (C=O) groups is 2. The molecule has 0 unspecified atom stereocenters. The predicted molar refractivity (Wildman–Crippen MR) is 62.8 cm³/mol. The summed E-state index contributed by atoms with van der Waals surface area (Å²) in [6, 6.07) is -0.437. The highest BCUT2D eigenvalue weighted by molar-refractivity contribution is 5.79. The first-order valence-electron chi connectivity index (χ1n) is 5.40. The number of aldehydes is 1. The van der Waals surface area contributed by atoms with Gasteiger partial charge in [0.25, 0.3) is 0 Å². The Labute approximate surface area is 95.5 Å². The number of guanidine groups is 1. The van der Waals surface area contributed by atoms with Gasteiger partial charge >= 0.3 is 0 Å². The average Bonchev–Trinajstić information content (AvgIpc) is 2.22. The summed E-state index contributed by atoms with van der Waals surface area (Å²) in [4.78, 5) is 25.7. The first-order valence-corrected chi connectivity index (χ1v) is 5.40. The zero-order valence-corrected chi connectivity index (χ0v) is 9.61. The summed E-state index contributed by atoms with van der Waals surface area (Å²) < 4.78 is 0. The van der Waals surface area contributed by atoms with Crippen LogP contribution in [0.5, 0.6) is 0 Å². The Hall–Kier alpha value is -1.59. The molecule has 6 nitrogen and oxygen atoms in total. The molecule has 0 aliphatic rings. The zero-order valence-electron chi connectivity index (χ0n) is 9.61. The van der Waals surface area contributed by atoms with Gasteiger partial charge in [0, 0.05) is 13.0 Å². The molecule has 0 aromatic rings. The molecule has 0 aromatic heterocycles. The number of hydrogen-bond acceptors (Lipinski definition) is 3. The third kappa shape index (κ3) is 7.78. The number of hydrogen-bond donors (Lipinski definition) is 3. The predicted octanol–water partition coefficient (Wildman–Crippen LogP) is -0.476. The molecular formula is C10H20N4O2. The lowest BCUT2D eigenvalue weighted by Crippen LogP contribution is -2.35. The van der Waals surface area contributed by atoms with Gasteiger partial charge in [-0.1, -0.05) is 6.92 Å². The van der Waals surface area contributed by atoms with Crippen molar-refractivity contribution in [2.24, 2.45) is 16.5 Å². The van der Waals surface area contributed by atoms with E-state index in [1.54, 1.807) is 0 Å². The number of nitrogens with zero attached hydrogens (tertiary/aromatic N) is 1. The first-order chi connectivity index (χ1) is 7.60. The van der Waals surface area contributed by atoms with Crippen LogP contribution in [0.25, 0.3) is 0 Å². The number of nitrogens with two attached hydrogens (primary N) is 2. The fraction of sp³-hybridized carbons (Fsp3) is 0.700. The number of aliphatic imine (C=N–C) groups is 1. The van der Waals surface area contributed by atoms with Gasteiger partial charge in [-0.05, 0) is 19.3 Å². The topological polar surface area (TPSA) is 111 Å². The van der Waals surface area contributed by atoms with Crippen molar-refractivity contribution in [2.75, 3.05) is 6.54 Å². The van der Waals surface area contributed by atoms with E-state index in [0.29, 0.717) is 25.8 Å². The van der Waals surface area contributed by atoms with E-state index < -0.39 is 6.04 Å². The van der Waals surface area contributed by atoms with Gasteiger partial charge in [-0.2, -0.15) is 0 Å². The SMILES string of the molecule is CCCC(=O)N[C@@H](C=O)CCCN=C(N)N. The molecule has 16 heavy (non-hydrogen) atoms. The van der Waals surface area contributed by atoms with E-state index in [1.807, 2.05) is 6.92 Å². The van der Waals surface area contributed by atoms with Crippen LogP contribution in [0.2, 0.25) is 0 Å². The lowest BCUT2D eigenvalue weighted by Gasteiger charge is -2.11. The third-order valence-electron chi connectivity index (χ3n) is 1.96. The normalized spacial score (nSPS) is 11.6. The van der Waals surface area contributed by atoms with Crippen LogP contribution >= 0.6 is 0 Å². The van der Waals surface area contributed by atoms with E-state index in [9.17, 15) is 9.59 Å². The van der Waals surface area contributed by atoms with E-state index in [-0.39, 0.29) is 11.9 Å². The van der Waals surface area contributed by atoms with Crippen LogP contribution in [-0.4, -0.2) is 30.7 Å². The van der Waals surface area contributed by atoms with Gasteiger partial charge in [0.05, 0.1) is 6.04 Å². The van der Waals surface area contributed by atoms with Crippen LogP contribution in [0.3, 0.4) is 0 Å². The highest BCUT2D eigenvalue weighted by Crippen LogP contribution is 1.97. The van der Waals surface area contributed by atoms with Crippen molar-refractivity contribution in [2.45, 2.75) is 38.6 Å². The maximum absolute atomic E-state index is 11.2. The highest BCUT2D eigenvalue weighted by atomic mass is 16.2. The smallest absolute Gasteiger partial charge is 0.220 e. The molecule has 5 N–H and O–H groups in total. The average molecular weight is 228 g/mol. The van der Waals surface area contributed by atoms with Crippen LogP contribution in [-0.2, 0) is 9.59 Å².